The van der Waals surface area contributed by atoms with Gasteiger partial charge in [-0.15, -0.1) is 11.6 Å². The Labute approximate surface area is 113 Å². The maximum Gasteiger partial charge on any atom is 0.243 e. The summed E-state index contributed by atoms with van der Waals surface area (Å²) in [6.45, 7) is 3.13. The van der Waals surface area contributed by atoms with E-state index in [0.29, 0.717) is 30.5 Å². The fraction of sp³-hybridized carbons (Fsp3) is 0.500. The van der Waals surface area contributed by atoms with Crippen LogP contribution < -0.4 is 0 Å². The first kappa shape index (κ1) is 13.8. The zero-order valence-corrected chi connectivity index (χ0v) is 11.7. The number of hydrogen-bond donors (Lipinski definition) is 0. The number of nitrogens with zero attached hydrogens (tertiary/aromatic N) is 1. The third kappa shape index (κ3) is 2.69. The van der Waals surface area contributed by atoms with Crippen molar-refractivity contribution in [1.29, 1.82) is 0 Å². The van der Waals surface area contributed by atoms with Crippen molar-refractivity contribution in [2.75, 3.05) is 19.8 Å². The summed E-state index contributed by atoms with van der Waals surface area (Å²) in [5.74, 6) is 0.308. The fourth-order valence-corrected chi connectivity index (χ4v) is 3.83. The van der Waals surface area contributed by atoms with Crippen LogP contribution in [0.5, 0.6) is 0 Å². The number of hydrogen-bond acceptors (Lipinski definition) is 3. The molecule has 1 aromatic carbocycles. The molecule has 18 heavy (non-hydrogen) atoms. The number of alkyl halides is 1. The van der Waals surface area contributed by atoms with E-state index in [1.165, 1.54) is 4.31 Å². The molecule has 1 fully saturated rings. The molecule has 1 saturated heterocycles. The van der Waals surface area contributed by atoms with Crippen molar-refractivity contribution in [1.82, 2.24) is 4.31 Å². The van der Waals surface area contributed by atoms with Gasteiger partial charge in [0.2, 0.25) is 10.0 Å². The highest BCUT2D eigenvalue weighted by atomic mass is 35.5. The Morgan fingerprint density at radius 2 is 2.28 bits per heavy atom. The molecule has 0 saturated carbocycles. The predicted octanol–water partition coefficient (Wildman–Crippen LogP) is 1.83. The van der Waals surface area contributed by atoms with Crippen molar-refractivity contribution in [3.05, 3.63) is 29.8 Å². The molecule has 0 radical (unpaired) electrons. The van der Waals surface area contributed by atoms with E-state index >= 15 is 0 Å². The van der Waals surface area contributed by atoms with E-state index < -0.39 is 10.0 Å². The van der Waals surface area contributed by atoms with Gasteiger partial charge in [0.15, 0.2) is 0 Å². The summed E-state index contributed by atoms with van der Waals surface area (Å²) in [6, 6.07) is 6.63. The summed E-state index contributed by atoms with van der Waals surface area (Å²) in [6.07, 6.45) is 0. The van der Waals surface area contributed by atoms with Crippen LogP contribution in [0.25, 0.3) is 0 Å². The Morgan fingerprint density at radius 1 is 1.50 bits per heavy atom. The number of morpholine rings is 1. The van der Waals surface area contributed by atoms with Crippen LogP contribution in [0, 0.1) is 0 Å². The van der Waals surface area contributed by atoms with Crippen LogP contribution in [-0.2, 0) is 20.6 Å². The van der Waals surface area contributed by atoms with Crippen LogP contribution in [0.1, 0.15) is 12.5 Å². The summed E-state index contributed by atoms with van der Waals surface area (Å²) < 4.78 is 31.7. The van der Waals surface area contributed by atoms with Crippen LogP contribution in [0.15, 0.2) is 29.2 Å². The van der Waals surface area contributed by atoms with E-state index in [2.05, 4.69) is 0 Å². The number of sulfonamides is 1. The quantitative estimate of drug-likeness (QED) is 0.798. The van der Waals surface area contributed by atoms with Crippen molar-refractivity contribution in [3.8, 4) is 0 Å². The molecule has 1 atom stereocenters. The Balaban J connectivity index is 2.34. The zero-order chi connectivity index (χ0) is 13.2. The molecular weight excluding hydrogens is 274 g/mol. The average Bonchev–Trinajstić information content (AvgIpc) is 2.39. The number of benzene rings is 1. The molecule has 0 amide bonds. The molecule has 1 aliphatic rings. The van der Waals surface area contributed by atoms with E-state index in [4.69, 9.17) is 16.3 Å². The van der Waals surface area contributed by atoms with Gasteiger partial charge in [-0.1, -0.05) is 12.1 Å². The van der Waals surface area contributed by atoms with Gasteiger partial charge in [0.25, 0.3) is 0 Å². The van der Waals surface area contributed by atoms with Gasteiger partial charge >= 0.3 is 0 Å². The van der Waals surface area contributed by atoms with Gasteiger partial charge in [0.05, 0.1) is 18.1 Å². The van der Waals surface area contributed by atoms with Gasteiger partial charge in [-0.3, -0.25) is 0 Å². The third-order valence-corrected chi connectivity index (χ3v) is 5.28. The molecule has 1 unspecified atom stereocenters. The first-order valence-corrected chi connectivity index (χ1v) is 7.77. The monoisotopic (exact) mass is 289 g/mol. The minimum atomic E-state index is -3.45. The van der Waals surface area contributed by atoms with Crippen molar-refractivity contribution in [2.45, 2.75) is 23.7 Å². The van der Waals surface area contributed by atoms with E-state index in [1.807, 2.05) is 13.0 Å². The Bertz CT molecular complexity index is 518. The van der Waals surface area contributed by atoms with Gasteiger partial charge in [-0.2, -0.15) is 4.31 Å². The van der Waals surface area contributed by atoms with Gasteiger partial charge in [0, 0.05) is 18.5 Å². The Kier molecular flexibility index (Phi) is 4.27. The highest BCUT2D eigenvalue weighted by Gasteiger charge is 2.31. The molecular formula is C12H16ClNO3S. The van der Waals surface area contributed by atoms with E-state index in [0.717, 1.165) is 5.56 Å². The molecule has 0 N–H and O–H groups in total. The minimum Gasteiger partial charge on any atom is -0.378 e. The van der Waals surface area contributed by atoms with Crippen molar-refractivity contribution in [3.63, 3.8) is 0 Å². The summed E-state index contributed by atoms with van der Waals surface area (Å²) in [4.78, 5) is 0.300. The lowest BCUT2D eigenvalue weighted by atomic mass is 10.2. The molecule has 0 spiro atoms. The second kappa shape index (κ2) is 5.57. The highest BCUT2D eigenvalue weighted by molar-refractivity contribution is 7.89. The Morgan fingerprint density at radius 3 is 2.94 bits per heavy atom. The van der Waals surface area contributed by atoms with E-state index in [1.54, 1.807) is 18.2 Å². The summed E-state index contributed by atoms with van der Waals surface area (Å²) in [5, 5.41) is 0. The first-order chi connectivity index (χ1) is 8.55. The number of rotatable bonds is 3. The minimum absolute atomic E-state index is 0.136. The largest absolute Gasteiger partial charge is 0.378 e. The van der Waals surface area contributed by atoms with Crippen LogP contribution in [0.2, 0.25) is 0 Å². The molecule has 4 nitrogen and oxygen atoms in total. The molecule has 100 valence electrons. The van der Waals surface area contributed by atoms with E-state index in [9.17, 15) is 8.42 Å². The second-order valence-electron chi connectivity index (χ2n) is 4.32. The Hall–Kier alpha value is -0.620. The van der Waals surface area contributed by atoms with Crippen LogP contribution in [-0.4, -0.2) is 38.5 Å². The maximum absolute atomic E-state index is 12.5. The molecule has 1 aromatic rings. The maximum atomic E-state index is 12.5. The molecule has 6 heteroatoms. The lowest BCUT2D eigenvalue weighted by Crippen LogP contribution is -2.46. The van der Waals surface area contributed by atoms with Crippen molar-refractivity contribution < 1.29 is 13.2 Å². The third-order valence-electron chi connectivity index (χ3n) is 2.97. The first-order valence-electron chi connectivity index (χ1n) is 5.80. The lowest BCUT2D eigenvalue weighted by molar-refractivity contribution is 0.0393. The van der Waals surface area contributed by atoms with Gasteiger partial charge in [-0.25, -0.2) is 8.42 Å². The van der Waals surface area contributed by atoms with Crippen LogP contribution in [0.3, 0.4) is 0 Å². The molecule has 1 aliphatic heterocycles. The predicted molar refractivity (Wildman–Crippen MR) is 70.2 cm³/mol. The van der Waals surface area contributed by atoms with E-state index in [-0.39, 0.29) is 6.04 Å². The van der Waals surface area contributed by atoms with Crippen LogP contribution in [0.4, 0.5) is 0 Å². The average molecular weight is 290 g/mol. The van der Waals surface area contributed by atoms with Gasteiger partial charge < -0.3 is 4.74 Å². The molecule has 2 rings (SSSR count). The summed E-state index contributed by atoms with van der Waals surface area (Å²) in [5.41, 5.74) is 0.804. The standard InChI is InChI=1S/C12H16ClNO3S/c1-10-9-17-6-5-14(10)18(15,16)12-4-2-3-11(7-12)8-13/h2-4,7,10H,5-6,8-9H2,1H3. The summed E-state index contributed by atoms with van der Waals surface area (Å²) in [7, 11) is -3.45. The lowest BCUT2D eigenvalue weighted by Gasteiger charge is -2.32. The SMILES string of the molecule is CC1COCCN1S(=O)(=O)c1cccc(CCl)c1. The normalized spacial score (nSPS) is 22.0. The topological polar surface area (TPSA) is 46.6 Å². The molecule has 0 aliphatic carbocycles. The molecule has 0 bridgehead atoms. The van der Waals surface area contributed by atoms with Gasteiger partial charge in [0.1, 0.15) is 0 Å². The smallest absolute Gasteiger partial charge is 0.243 e. The van der Waals surface area contributed by atoms with Crippen molar-refractivity contribution >= 4 is 21.6 Å². The van der Waals surface area contributed by atoms with Gasteiger partial charge in [-0.05, 0) is 24.6 Å². The fourth-order valence-electron chi connectivity index (χ4n) is 1.99. The summed E-state index contributed by atoms with van der Waals surface area (Å²) >= 11 is 5.73. The highest BCUT2D eigenvalue weighted by Crippen LogP contribution is 2.21. The number of ether oxygens (including phenoxy) is 1. The second-order valence-corrected chi connectivity index (χ2v) is 6.48. The molecule has 1 heterocycles. The van der Waals surface area contributed by atoms with Crippen LogP contribution >= 0.6 is 11.6 Å². The zero-order valence-electron chi connectivity index (χ0n) is 10.2. The molecule has 0 aromatic heterocycles. The van der Waals surface area contributed by atoms with Crippen molar-refractivity contribution in [2.24, 2.45) is 0 Å². The number of halogens is 1.